The fourth-order valence-electron chi connectivity index (χ4n) is 3.78. The zero-order valence-electron chi connectivity index (χ0n) is 17.6. The average molecular weight is 416 g/mol. The fourth-order valence-corrected chi connectivity index (χ4v) is 3.78. The molecule has 3 aromatic rings. The minimum atomic E-state index is -0.266. The van der Waals surface area contributed by atoms with Crippen LogP contribution in [0.4, 0.5) is 11.4 Å². The standard InChI is InChI=1S/C25H24N2O4/c1-30-22-13-11-19(15-23(22)31-2)24(28)26-20-12-10-17-9-6-14-27(21(17)16-20)25(29)18-7-4-3-5-8-18/h3-5,7-8,10-13,15-16H,6,9,14H2,1-2H3,(H,26,28). The molecule has 1 aliphatic heterocycles. The van der Waals surface area contributed by atoms with Gasteiger partial charge < -0.3 is 19.7 Å². The van der Waals surface area contributed by atoms with Gasteiger partial charge >= 0.3 is 0 Å². The Kier molecular flexibility index (Phi) is 5.89. The molecule has 0 aliphatic carbocycles. The van der Waals surface area contributed by atoms with Crippen molar-refractivity contribution in [1.29, 1.82) is 0 Å². The van der Waals surface area contributed by atoms with Crippen molar-refractivity contribution >= 4 is 23.2 Å². The first-order chi connectivity index (χ1) is 15.1. The molecule has 0 bridgehead atoms. The summed E-state index contributed by atoms with van der Waals surface area (Å²) in [7, 11) is 3.08. The van der Waals surface area contributed by atoms with Crippen LogP contribution >= 0.6 is 0 Å². The van der Waals surface area contributed by atoms with Gasteiger partial charge in [-0.3, -0.25) is 9.59 Å². The second-order valence-corrected chi connectivity index (χ2v) is 7.29. The van der Waals surface area contributed by atoms with Gasteiger partial charge in [0.25, 0.3) is 11.8 Å². The van der Waals surface area contributed by atoms with Gasteiger partial charge in [0, 0.05) is 29.0 Å². The van der Waals surface area contributed by atoms with Crippen LogP contribution in [0.5, 0.6) is 11.5 Å². The maximum absolute atomic E-state index is 13.1. The van der Waals surface area contributed by atoms with Gasteiger partial charge in [0.2, 0.25) is 0 Å². The number of methoxy groups -OCH3 is 2. The number of ether oxygens (including phenoxy) is 2. The van der Waals surface area contributed by atoms with Crippen LogP contribution in [-0.2, 0) is 6.42 Å². The number of nitrogens with zero attached hydrogens (tertiary/aromatic N) is 1. The first-order valence-corrected chi connectivity index (χ1v) is 10.1. The molecule has 0 unspecified atom stereocenters. The summed E-state index contributed by atoms with van der Waals surface area (Å²) < 4.78 is 10.5. The van der Waals surface area contributed by atoms with E-state index in [0.29, 0.717) is 34.9 Å². The molecule has 1 heterocycles. The zero-order chi connectivity index (χ0) is 21.8. The lowest BCUT2D eigenvalue weighted by Gasteiger charge is -2.30. The summed E-state index contributed by atoms with van der Waals surface area (Å²) in [6.07, 6.45) is 1.81. The van der Waals surface area contributed by atoms with Crippen LogP contribution in [0.25, 0.3) is 0 Å². The second-order valence-electron chi connectivity index (χ2n) is 7.29. The van der Waals surface area contributed by atoms with Crippen LogP contribution in [-0.4, -0.2) is 32.6 Å². The van der Waals surface area contributed by atoms with Crippen molar-refractivity contribution in [2.45, 2.75) is 12.8 Å². The third-order valence-electron chi connectivity index (χ3n) is 5.37. The molecule has 4 rings (SSSR count). The first-order valence-electron chi connectivity index (χ1n) is 10.1. The molecule has 6 heteroatoms. The van der Waals surface area contributed by atoms with Gasteiger partial charge in [0.15, 0.2) is 11.5 Å². The Morgan fingerprint density at radius 2 is 1.65 bits per heavy atom. The number of rotatable bonds is 5. The van der Waals surface area contributed by atoms with Crippen molar-refractivity contribution in [2.75, 3.05) is 31.0 Å². The van der Waals surface area contributed by atoms with E-state index in [4.69, 9.17) is 9.47 Å². The molecule has 0 atom stereocenters. The van der Waals surface area contributed by atoms with Crippen molar-refractivity contribution in [3.63, 3.8) is 0 Å². The van der Waals surface area contributed by atoms with Gasteiger partial charge in [-0.05, 0) is 60.9 Å². The van der Waals surface area contributed by atoms with Gasteiger partial charge in [0.05, 0.1) is 14.2 Å². The van der Waals surface area contributed by atoms with E-state index in [2.05, 4.69) is 5.32 Å². The van der Waals surface area contributed by atoms with E-state index in [9.17, 15) is 9.59 Å². The van der Waals surface area contributed by atoms with E-state index in [0.717, 1.165) is 24.1 Å². The van der Waals surface area contributed by atoms with E-state index in [1.54, 1.807) is 30.2 Å². The molecule has 1 N–H and O–H groups in total. The minimum absolute atomic E-state index is 0.0371. The van der Waals surface area contributed by atoms with Crippen LogP contribution in [0.2, 0.25) is 0 Å². The number of aryl methyl sites for hydroxylation is 1. The van der Waals surface area contributed by atoms with Crippen molar-refractivity contribution in [3.05, 3.63) is 83.4 Å². The largest absolute Gasteiger partial charge is 0.493 e. The molecule has 0 saturated carbocycles. The number of hydrogen-bond donors (Lipinski definition) is 1. The lowest BCUT2D eigenvalue weighted by Crippen LogP contribution is -2.35. The quantitative estimate of drug-likeness (QED) is 0.663. The Balaban J connectivity index is 1.59. The molecule has 0 fully saturated rings. The normalized spacial score (nSPS) is 12.6. The van der Waals surface area contributed by atoms with E-state index in [1.165, 1.54) is 7.11 Å². The SMILES string of the molecule is COc1ccc(C(=O)Nc2ccc3c(c2)N(C(=O)c2ccccc2)CCC3)cc1OC. The van der Waals surface area contributed by atoms with Gasteiger partial charge in [-0.15, -0.1) is 0 Å². The highest BCUT2D eigenvalue weighted by Crippen LogP contribution is 2.32. The van der Waals surface area contributed by atoms with Gasteiger partial charge in [0.1, 0.15) is 0 Å². The monoisotopic (exact) mass is 416 g/mol. The maximum atomic E-state index is 13.1. The van der Waals surface area contributed by atoms with Crippen molar-refractivity contribution in [2.24, 2.45) is 0 Å². The highest BCUT2D eigenvalue weighted by molar-refractivity contribution is 6.08. The van der Waals surface area contributed by atoms with Crippen LogP contribution in [0, 0.1) is 0 Å². The van der Waals surface area contributed by atoms with E-state index >= 15 is 0 Å². The van der Waals surface area contributed by atoms with Gasteiger partial charge in [-0.2, -0.15) is 0 Å². The van der Waals surface area contributed by atoms with E-state index in [1.807, 2.05) is 48.5 Å². The smallest absolute Gasteiger partial charge is 0.258 e. The molecule has 2 amide bonds. The summed E-state index contributed by atoms with van der Waals surface area (Å²) in [5.41, 5.74) is 3.67. The Hall–Kier alpha value is -3.80. The number of fused-ring (bicyclic) bond motifs is 1. The highest BCUT2D eigenvalue weighted by Gasteiger charge is 2.24. The summed E-state index contributed by atoms with van der Waals surface area (Å²) in [6, 6.07) is 20.0. The lowest BCUT2D eigenvalue weighted by atomic mass is 10.00. The maximum Gasteiger partial charge on any atom is 0.258 e. The van der Waals surface area contributed by atoms with Crippen molar-refractivity contribution in [1.82, 2.24) is 0 Å². The molecule has 0 radical (unpaired) electrons. The lowest BCUT2D eigenvalue weighted by molar-refractivity contribution is 0.0984. The molecule has 3 aromatic carbocycles. The third-order valence-corrected chi connectivity index (χ3v) is 5.37. The van der Waals surface area contributed by atoms with E-state index < -0.39 is 0 Å². The summed E-state index contributed by atoms with van der Waals surface area (Å²) in [5.74, 6) is 0.741. The summed E-state index contributed by atoms with van der Waals surface area (Å²) in [6.45, 7) is 0.647. The molecular weight excluding hydrogens is 392 g/mol. The molecule has 6 nitrogen and oxygen atoms in total. The second kappa shape index (κ2) is 8.92. The van der Waals surface area contributed by atoms with Crippen molar-refractivity contribution < 1.29 is 19.1 Å². The topological polar surface area (TPSA) is 67.9 Å². The molecule has 31 heavy (non-hydrogen) atoms. The fraction of sp³-hybridized carbons (Fsp3) is 0.200. The Morgan fingerprint density at radius 1 is 0.871 bits per heavy atom. The van der Waals surface area contributed by atoms with Gasteiger partial charge in [-0.1, -0.05) is 24.3 Å². The molecule has 0 aromatic heterocycles. The number of benzene rings is 3. The van der Waals surface area contributed by atoms with Gasteiger partial charge in [-0.25, -0.2) is 0 Å². The average Bonchev–Trinajstić information content (AvgIpc) is 2.83. The number of carbonyl (C=O) groups is 2. The number of nitrogens with one attached hydrogen (secondary N) is 1. The molecule has 0 spiro atoms. The number of hydrogen-bond acceptors (Lipinski definition) is 4. The van der Waals surface area contributed by atoms with Crippen LogP contribution in [0.15, 0.2) is 66.7 Å². The van der Waals surface area contributed by atoms with Crippen LogP contribution in [0.1, 0.15) is 32.7 Å². The molecule has 0 saturated heterocycles. The number of anilines is 2. The van der Waals surface area contributed by atoms with Crippen LogP contribution in [0.3, 0.4) is 0 Å². The van der Waals surface area contributed by atoms with Crippen LogP contribution < -0.4 is 19.7 Å². The predicted molar refractivity (Wildman–Crippen MR) is 120 cm³/mol. The van der Waals surface area contributed by atoms with Crippen molar-refractivity contribution in [3.8, 4) is 11.5 Å². The Bertz CT molecular complexity index is 1110. The summed E-state index contributed by atoms with van der Waals surface area (Å²) >= 11 is 0. The third kappa shape index (κ3) is 4.23. The molecular formula is C25H24N2O4. The Morgan fingerprint density at radius 3 is 2.39 bits per heavy atom. The number of amides is 2. The predicted octanol–water partition coefficient (Wildman–Crippen LogP) is 4.55. The van der Waals surface area contributed by atoms with E-state index in [-0.39, 0.29) is 11.8 Å². The number of carbonyl (C=O) groups excluding carboxylic acids is 2. The minimum Gasteiger partial charge on any atom is -0.493 e. The zero-order valence-corrected chi connectivity index (χ0v) is 17.6. The molecule has 1 aliphatic rings. The summed E-state index contributed by atoms with van der Waals surface area (Å²) in [5, 5.41) is 2.92. The summed E-state index contributed by atoms with van der Waals surface area (Å²) in [4.78, 5) is 27.7. The highest BCUT2D eigenvalue weighted by atomic mass is 16.5. The molecule has 158 valence electrons. The first kappa shape index (κ1) is 20.5. The Labute approximate surface area is 181 Å².